The largest absolute Gasteiger partial charge is 1.00 e. The number of rotatable bonds is 7. The van der Waals surface area contributed by atoms with Crippen molar-refractivity contribution in [2.45, 2.75) is 38.5 Å². The molecule has 1 unspecified atom stereocenters. The van der Waals surface area contributed by atoms with E-state index >= 15 is 0 Å². The number of hydrogen-bond acceptors (Lipinski definition) is 5. The van der Waals surface area contributed by atoms with Gasteiger partial charge in [-0.25, -0.2) is 8.42 Å². The van der Waals surface area contributed by atoms with E-state index in [1.807, 2.05) is 12.1 Å². The average molecular weight is 352 g/mol. The second kappa shape index (κ2) is 8.80. The second-order valence-electron chi connectivity index (χ2n) is 5.08. The zero-order valence-electron chi connectivity index (χ0n) is 12.9. The van der Waals surface area contributed by atoms with Crippen molar-refractivity contribution in [2.24, 2.45) is 0 Å². The molecule has 0 saturated carbocycles. The molecular formula is C14H18LiO4PS2. The molecule has 116 valence electrons. The van der Waals surface area contributed by atoms with Gasteiger partial charge in [0.25, 0.3) is 0 Å². The zero-order valence-corrected chi connectivity index (χ0v) is 15.5. The minimum absolute atomic E-state index is 0. The number of fused-ring (bicyclic) bond motifs is 1. The van der Waals surface area contributed by atoms with Crippen molar-refractivity contribution in [1.82, 2.24) is 0 Å². The van der Waals surface area contributed by atoms with Gasteiger partial charge in [-0.1, -0.05) is 33.7 Å². The smallest absolute Gasteiger partial charge is 0.726 e. The second-order valence-corrected chi connectivity index (χ2v) is 8.82. The van der Waals surface area contributed by atoms with Crippen LogP contribution in [0.5, 0.6) is 0 Å². The van der Waals surface area contributed by atoms with Gasteiger partial charge in [-0.3, -0.25) is 4.18 Å². The summed E-state index contributed by atoms with van der Waals surface area (Å²) < 4.78 is 37.3. The minimum Gasteiger partial charge on any atom is -0.726 e. The summed E-state index contributed by atoms with van der Waals surface area (Å²) in [7, 11) is -3.92. The molecule has 2 rings (SSSR count). The summed E-state index contributed by atoms with van der Waals surface area (Å²) in [5.41, 5.74) is 0.434. The van der Waals surface area contributed by atoms with Crippen molar-refractivity contribution < 1.29 is 36.0 Å². The molecule has 0 fully saturated rings. The SMILES string of the molecule is C[C@H](CC[C@H](C)Pc1csc2ccccc12)OS(=O)(=O)[O-].[Li+]. The molecule has 8 heteroatoms. The molecule has 1 aromatic carbocycles. The van der Waals surface area contributed by atoms with Gasteiger partial charge in [0.1, 0.15) is 0 Å². The van der Waals surface area contributed by atoms with Gasteiger partial charge in [-0.2, -0.15) is 0 Å². The van der Waals surface area contributed by atoms with Gasteiger partial charge >= 0.3 is 18.9 Å². The molecule has 2 aromatic rings. The minimum atomic E-state index is -4.60. The Kier molecular flexibility index (Phi) is 8.05. The van der Waals surface area contributed by atoms with Crippen molar-refractivity contribution in [3.05, 3.63) is 29.6 Å². The van der Waals surface area contributed by atoms with Crippen LogP contribution in [0, 0.1) is 0 Å². The third-order valence-corrected chi connectivity index (χ3v) is 6.41. The van der Waals surface area contributed by atoms with E-state index in [4.69, 9.17) is 0 Å². The molecule has 0 aliphatic carbocycles. The van der Waals surface area contributed by atoms with Crippen LogP contribution in [0.3, 0.4) is 0 Å². The Morgan fingerprint density at radius 2 is 1.95 bits per heavy atom. The average Bonchev–Trinajstić information content (AvgIpc) is 2.78. The van der Waals surface area contributed by atoms with E-state index in [0.717, 1.165) is 6.42 Å². The van der Waals surface area contributed by atoms with Crippen LogP contribution in [0.15, 0.2) is 29.6 Å². The van der Waals surface area contributed by atoms with Crippen molar-refractivity contribution in [1.29, 1.82) is 0 Å². The summed E-state index contributed by atoms with van der Waals surface area (Å²) in [4.78, 5) is 0. The quantitative estimate of drug-likeness (QED) is 0.310. The van der Waals surface area contributed by atoms with E-state index in [1.165, 1.54) is 15.4 Å². The molecule has 0 radical (unpaired) electrons. The summed E-state index contributed by atoms with van der Waals surface area (Å²) >= 11 is 1.75. The first kappa shape index (κ1) is 20.1. The summed E-state index contributed by atoms with van der Waals surface area (Å²) in [6.45, 7) is 3.76. The number of hydrogen-bond donors (Lipinski definition) is 0. The molecule has 1 aromatic heterocycles. The maximum atomic E-state index is 10.5. The molecule has 1 heterocycles. The van der Waals surface area contributed by atoms with Crippen molar-refractivity contribution in [3.63, 3.8) is 0 Å². The Hall–Kier alpha value is 0.0774. The van der Waals surface area contributed by atoms with Gasteiger partial charge in [-0.15, -0.1) is 11.3 Å². The molecule has 4 nitrogen and oxygen atoms in total. The first-order valence-corrected chi connectivity index (χ1v) is 10.0. The number of thiophene rings is 1. The maximum Gasteiger partial charge on any atom is 1.00 e. The monoisotopic (exact) mass is 352 g/mol. The van der Waals surface area contributed by atoms with Crippen molar-refractivity contribution in [3.8, 4) is 0 Å². The Morgan fingerprint density at radius 3 is 2.64 bits per heavy atom. The van der Waals surface area contributed by atoms with E-state index in [9.17, 15) is 13.0 Å². The topological polar surface area (TPSA) is 66.4 Å². The molecule has 0 N–H and O–H groups in total. The molecule has 22 heavy (non-hydrogen) atoms. The van der Waals surface area contributed by atoms with Crippen LogP contribution in [0.4, 0.5) is 0 Å². The molecule has 0 aliphatic rings. The first-order chi connectivity index (χ1) is 9.85. The molecule has 3 atom stereocenters. The van der Waals surface area contributed by atoms with Crippen LogP contribution in [0.1, 0.15) is 26.7 Å². The standard InChI is InChI=1S/C14H19O4PS2.Li/c1-10(18-21(15,16)17)7-8-11(2)19-13-9-20-14-6-4-3-5-12(13)14;/h3-6,9-11,19H,7-8H2,1-2H3,(H,15,16,17);/q;+1/p-1/t10-,11+;/m1./s1. The summed E-state index contributed by atoms with van der Waals surface area (Å²) in [6.07, 6.45) is 0.843. The van der Waals surface area contributed by atoms with Gasteiger partial charge in [0.2, 0.25) is 10.4 Å². The Balaban J connectivity index is 0.00000242. The molecule has 0 saturated heterocycles. The molecule has 0 amide bonds. The van der Waals surface area contributed by atoms with Gasteiger partial charge in [0, 0.05) is 4.70 Å². The van der Waals surface area contributed by atoms with Crippen LogP contribution in [-0.4, -0.2) is 24.7 Å². The first-order valence-electron chi connectivity index (χ1n) is 6.72. The Bertz CT molecular complexity index is 702. The summed E-state index contributed by atoms with van der Waals surface area (Å²) in [5, 5.41) is 4.86. The van der Waals surface area contributed by atoms with E-state index in [1.54, 1.807) is 18.3 Å². The zero-order chi connectivity index (χ0) is 15.5. The van der Waals surface area contributed by atoms with Crippen LogP contribution in [0.2, 0.25) is 0 Å². The molecule has 0 spiro atoms. The van der Waals surface area contributed by atoms with E-state index < -0.39 is 16.5 Å². The predicted octanol–water partition coefficient (Wildman–Crippen LogP) is 0.243. The normalized spacial score (nSPS) is 15.0. The fraction of sp³-hybridized carbons (Fsp3) is 0.429. The Labute approximate surface area is 149 Å². The predicted molar refractivity (Wildman–Crippen MR) is 88.7 cm³/mol. The van der Waals surface area contributed by atoms with Gasteiger partial charge in [0.15, 0.2) is 0 Å². The van der Waals surface area contributed by atoms with Crippen molar-refractivity contribution in [2.75, 3.05) is 0 Å². The van der Waals surface area contributed by atoms with Gasteiger partial charge in [0.05, 0.1) is 6.10 Å². The van der Waals surface area contributed by atoms with Crippen LogP contribution < -0.4 is 24.2 Å². The third kappa shape index (κ3) is 6.29. The van der Waals surface area contributed by atoms with Crippen LogP contribution >= 0.6 is 19.9 Å². The van der Waals surface area contributed by atoms with E-state index in [0.29, 0.717) is 20.7 Å². The van der Waals surface area contributed by atoms with Crippen LogP contribution in [0.25, 0.3) is 10.1 Å². The third-order valence-electron chi connectivity index (χ3n) is 3.17. The Morgan fingerprint density at radius 1 is 1.27 bits per heavy atom. The van der Waals surface area contributed by atoms with Gasteiger partial charge < -0.3 is 4.55 Å². The van der Waals surface area contributed by atoms with Crippen LogP contribution in [-0.2, 0) is 14.6 Å². The van der Waals surface area contributed by atoms with E-state index in [-0.39, 0.29) is 18.9 Å². The fourth-order valence-electron chi connectivity index (χ4n) is 2.16. The van der Waals surface area contributed by atoms with E-state index in [2.05, 4.69) is 28.6 Å². The van der Waals surface area contributed by atoms with Gasteiger partial charge in [-0.05, 0) is 47.6 Å². The molecule has 0 bridgehead atoms. The number of benzene rings is 1. The summed E-state index contributed by atoms with van der Waals surface area (Å²) in [6, 6.07) is 8.34. The molecular weight excluding hydrogens is 334 g/mol. The summed E-state index contributed by atoms with van der Waals surface area (Å²) in [5.74, 6) is 0. The maximum absolute atomic E-state index is 10.5. The fourth-order valence-corrected chi connectivity index (χ4v) is 5.25. The van der Waals surface area contributed by atoms with Crippen molar-refractivity contribution >= 4 is 45.7 Å². The molecule has 0 aliphatic heterocycles.